The molecule has 0 aliphatic rings. The molecule has 0 bridgehead atoms. The van der Waals surface area contributed by atoms with Crippen LogP contribution in [0.25, 0.3) is 0 Å². The van der Waals surface area contributed by atoms with Gasteiger partial charge in [-0.25, -0.2) is 0 Å². The van der Waals surface area contributed by atoms with Crippen LogP contribution in [0.3, 0.4) is 0 Å². The molecule has 0 aliphatic carbocycles. The minimum atomic E-state index is 0.302. The Morgan fingerprint density at radius 3 is 2.71 bits per heavy atom. The number of ether oxygens (including phenoxy) is 1. The fourth-order valence-electron chi connectivity index (χ4n) is 1.04. The molecular weight excluding hydrogens is 182 g/mol. The van der Waals surface area contributed by atoms with Crippen molar-refractivity contribution in [3.05, 3.63) is 42.1 Å². The summed E-state index contributed by atoms with van der Waals surface area (Å²) >= 11 is 0. The zero-order chi connectivity index (χ0) is 9.80. The van der Waals surface area contributed by atoms with Crippen molar-refractivity contribution >= 4 is 0 Å². The first-order valence-corrected chi connectivity index (χ1v) is 4.13. The van der Waals surface area contributed by atoms with E-state index >= 15 is 0 Å². The van der Waals surface area contributed by atoms with Crippen LogP contribution in [-0.4, -0.2) is 20.4 Å². The molecule has 1 aromatic heterocycles. The standard InChI is InChI=1S/C9H9N3O2/c13-12-6-9(10-11-12)14-7-8-4-2-1-3-5-8/h1-6,13H,7H2. The van der Waals surface area contributed by atoms with Crippen LogP contribution in [0.1, 0.15) is 5.56 Å². The molecular formula is C9H9N3O2. The molecule has 5 heteroatoms. The molecule has 0 saturated heterocycles. The van der Waals surface area contributed by atoms with E-state index in [1.54, 1.807) is 0 Å². The summed E-state index contributed by atoms with van der Waals surface area (Å²) in [6, 6.07) is 9.70. The van der Waals surface area contributed by atoms with E-state index in [2.05, 4.69) is 10.3 Å². The average molecular weight is 191 g/mol. The van der Waals surface area contributed by atoms with Crippen LogP contribution < -0.4 is 4.74 Å². The quantitative estimate of drug-likeness (QED) is 0.738. The van der Waals surface area contributed by atoms with E-state index in [0.717, 1.165) is 5.56 Å². The third kappa shape index (κ3) is 2.01. The molecule has 0 amide bonds. The van der Waals surface area contributed by atoms with Crippen LogP contribution in [0.15, 0.2) is 36.5 Å². The first-order chi connectivity index (χ1) is 6.84. The molecule has 1 N–H and O–H groups in total. The maximum Gasteiger partial charge on any atom is 0.257 e. The Bertz CT molecular complexity index is 399. The maximum atomic E-state index is 8.81. The predicted octanol–water partition coefficient (Wildman–Crippen LogP) is 1.09. The lowest BCUT2D eigenvalue weighted by Gasteiger charge is -2.00. The number of nitrogens with zero attached hydrogens (tertiary/aromatic N) is 3. The highest BCUT2D eigenvalue weighted by atomic mass is 16.5. The zero-order valence-electron chi connectivity index (χ0n) is 7.37. The highest BCUT2D eigenvalue weighted by Crippen LogP contribution is 2.06. The summed E-state index contributed by atoms with van der Waals surface area (Å²) in [5.41, 5.74) is 1.04. The van der Waals surface area contributed by atoms with E-state index in [9.17, 15) is 0 Å². The van der Waals surface area contributed by atoms with Gasteiger partial charge in [0.05, 0.1) is 0 Å². The maximum absolute atomic E-state index is 8.81. The number of hydrogen-bond donors (Lipinski definition) is 1. The van der Waals surface area contributed by atoms with Gasteiger partial charge in [-0.1, -0.05) is 40.3 Å². The summed E-state index contributed by atoms with van der Waals surface area (Å²) in [7, 11) is 0. The molecule has 0 fully saturated rings. The van der Waals surface area contributed by atoms with E-state index < -0.39 is 0 Å². The average Bonchev–Trinajstić information content (AvgIpc) is 2.63. The molecule has 0 saturated carbocycles. The Morgan fingerprint density at radius 2 is 2.07 bits per heavy atom. The van der Waals surface area contributed by atoms with Crippen LogP contribution in [0, 0.1) is 0 Å². The number of aromatic nitrogens is 3. The summed E-state index contributed by atoms with van der Waals surface area (Å²) in [6.45, 7) is 0.416. The first kappa shape index (κ1) is 8.55. The van der Waals surface area contributed by atoms with Gasteiger partial charge in [-0.15, -0.1) is 0 Å². The number of hydrogen-bond acceptors (Lipinski definition) is 4. The summed E-state index contributed by atoms with van der Waals surface area (Å²) in [5.74, 6) is 0.302. The van der Waals surface area contributed by atoms with Gasteiger partial charge in [0.25, 0.3) is 5.88 Å². The van der Waals surface area contributed by atoms with Gasteiger partial charge >= 0.3 is 0 Å². The van der Waals surface area contributed by atoms with Gasteiger partial charge in [0.1, 0.15) is 12.8 Å². The molecule has 2 rings (SSSR count). The van der Waals surface area contributed by atoms with Crippen molar-refractivity contribution in [2.24, 2.45) is 0 Å². The van der Waals surface area contributed by atoms with E-state index in [0.29, 0.717) is 17.3 Å². The van der Waals surface area contributed by atoms with E-state index in [-0.39, 0.29) is 0 Å². The molecule has 1 heterocycles. The van der Waals surface area contributed by atoms with Crippen LogP contribution in [0.2, 0.25) is 0 Å². The molecule has 72 valence electrons. The van der Waals surface area contributed by atoms with E-state index in [1.807, 2.05) is 30.3 Å². The second-order valence-electron chi connectivity index (χ2n) is 2.75. The van der Waals surface area contributed by atoms with Gasteiger partial charge in [-0.05, 0) is 10.8 Å². The van der Waals surface area contributed by atoms with Gasteiger partial charge in [0.15, 0.2) is 0 Å². The largest absolute Gasteiger partial charge is 0.471 e. The summed E-state index contributed by atoms with van der Waals surface area (Å²) in [4.78, 5) is 0.611. The fourth-order valence-corrected chi connectivity index (χ4v) is 1.04. The van der Waals surface area contributed by atoms with E-state index in [4.69, 9.17) is 9.94 Å². The second-order valence-corrected chi connectivity index (χ2v) is 2.75. The van der Waals surface area contributed by atoms with Crippen LogP contribution >= 0.6 is 0 Å². The Labute approximate surface area is 80.5 Å². The first-order valence-electron chi connectivity index (χ1n) is 4.13. The Morgan fingerprint density at radius 1 is 1.29 bits per heavy atom. The Balaban J connectivity index is 1.95. The summed E-state index contributed by atoms with van der Waals surface area (Å²) in [5, 5.41) is 15.7. The van der Waals surface area contributed by atoms with Gasteiger partial charge in [0, 0.05) is 0 Å². The number of benzene rings is 1. The van der Waals surface area contributed by atoms with Gasteiger partial charge < -0.3 is 9.94 Å². The lowest BCUT2D eigenvalue weighted by molar-refractivity contribution is 0.142. The van der Waals surface area contributed by atoms with Gasteiger partial charge in [-0.2, -0.15) is 0 Å². The minimum Gasteiger partial charge on any atom is -0.471 e. The normalized spacial score (nSPS) is 10.0. The van der Waals surface area contributed by atoms with Crippen molar-refractivity contribution in [2.45, 2.75) is 6.61 Å². The highest BCUT2D eigenvalue weighted by molar-refractivity contribution is 5.14. The molecule has 5 nitrogen and oxygen atoms in total. The molecule has 0 atom stereocenters. The fraction of sp³-hybridized carbons (Fsp3) is 0.111. The lowest BCUT2D eigenvalue weighted by atomic mass is 10.2. The second kappa shape index (κ2) is 3.78. The van der Waals surface area contributed by atoms with Crippen LogP contribution in [0.4, 0.5) is 0 Å². The molecule has 1 aromatic carbocycles. The molecule has 0 spiro atoms. The highest BCUT2D eigenvalue weighted by Gasteiger charge is 1.99. The van der Waals surface area contributed by atoms with Gasteiger partial charge in [-0.3, -0.25) is 0 Å². The van der Waals surface area contributed by atoms with Crippen molar-refractivity contribution < 1.29 is 9.94 Å². The molecule has 14 heavy (non-hydrogen) atoms. The molecule has 2 aromatic rings. The minimum absolute atomic E-state index is 0.302. The monoisotopic (exact) mass is 191 g/mol. The Kier molecular flexibility index (Phi) is 2.31. The smallest absolute Gasteiger partial charge is 0.257 e. The summed E-state index contributed by atoms with van der Waals surface area (Å²) < 4.78 is 5.26. The van der Waals surface area contributed by atoms with Crippen molar-refractivity contribution in [1.29, 1.82) is 0 Å². The van der Waals surface area contributed by atoms with Crippen LogP contribution in [0.5, 0.6) is 5.88 Å². The SMILES string of the molecule is On1cc(OCc2ccccc2)nn1. The van der Waals surface area contributed by atoms with Gasteiger partial charge in [0.2, 0.25) is 0 Å². The third-order valence-corrected chi connectivity index (χ3v) is 1.69. The molecule has 0 aliphatic heterocycles. The lowest BCUT2D eigenvalue weighted by Crippen LogP contribution is -1.94. The molecule has 0 radical (unpaired) electrons. The van der Waals surface area contributed by atoms with Crippen molar-refractivity contribution in [2.75, 3.05) is 0 Å². The third-order valence-electron chi connectivity index (χ3n) is 1.69. The van der Waals surface area contributed by atoms with Crippen molar-refractivity contribution in [1.82, 2.24) is 15.2 Å². The van der Waals surface area contributed by atoms with E-state index in [1.165, 1.54) is 6.20 Å². The zero-order valence-corrected chi connectivity index (χ0v) is 7.37. The van der Waals surface area contributed by atoms with Crippen LogP contribution in [-0.2, 0) is 6.61 Å². The Hall–Kier alpha value is -2.04. The predicted molar refractivity (Wildman–Crippen MR) is 48.0 cm³/mol. The van der Waals surface area contributed by atoms with Crippen molar-refractivity contribution in [3.8, 4) is 5.88 Å². The number of rotatable bonds is 3. The topological polar surface area (TPSA) is 60.2 Å². The summed E-state index contributed by atoms with van der Waals surface area (Å²) in [6.07, 6.45) is 1.29. The molecule has 0 unspecified atom stereocenters. The van der Waals surface area contributed by atoms with Crippen molar-refractivity contribution in [3.63, 3.8) is 0 Å².